The number of benzene rings is 1. The van der Waals surface area contributed by atoms with Crippen LogP contribution in [0.4, 0.5) is 5.69 Å². The molecule has 1 heterocycles. The van der Waals surface area contributed by atoms with Gasteiger partial charge in [-0.25, -0.2) is 0 Å². The third-order valence-electron chi connectivity index (χ3n) is 4.56. The minimum Gasteiger partial charge on any atom is -0.482 e. The summed E-state index contributed by atoms with van der Waals surface area (Å²) in [6.07, 6.45) is 6.25. The highest BCUT2D eigenvalue weighted by molar-refractivity contribution is 5.97. The van der Waals surface area contributed by atoms with E-state index in [1.807, 2.05) is 29.2 Å². The Morgan fingerprint density at radius 2 is 2.18 bits per heavy atom. The maximum atomic E-state index is 12.1. The van der Waals surface area contributed by atoms with E-state index < -0.39 is 0 Å². The number of amides is 1. The van der Waals surface area contributed by atoms with Crippen molar-refractivity contribution in [3.8, 4) is 5.75 Å². The Labute approximate surface area is 132 Å². The molecule has 0 saturated heterocycles. The van der Waals surface area contributed by atoms with Crippen LogP contribution in [0.2, 0.25) is 0 Å². The highest BCUT2D eigenvalue weighted by atomic mass is 16.5. The van der Waals surface area contributed by atoms with Gasteiger partial charge in [-0.3, -0.25) is 4.79 Å². The van der Waals surface area contributed by atoms with Crippen LogP contribution in [-0.4, -0.2) is 31.6 Å². The molecule has 1 amide bonds. The first-order valence-corrected chi connectivity index (χ1v) is 8.55. The number of nitrogens with one attached hydrogen (secondary N) is 1. The van der Waals surface area contributed by atoms with Crippen molar-refractivity contribution in [2.24, 2.45) is 5.92 Å². The molecule has 1 fully saturated rings. The van der Waals surface area contributed by atoms with Crippen LogP contribution in [0.3, 0.4) is 0 Å². The van der Waals surface area contributed by atoms with Gasteiger partial charge in [0, 0.05) is 12.6 Å². The molecule has 0 spiro atoms. The Kier molecular flexibility index (Phi) is 4.98. The van der Waals surface area contributed by atoms with Crippen molar-refractivity contribution >= 4 is 11.6 Å². The zero-order chi connectivity index (χ0) is 15.4. The van der Waals surface area contributed by atoms with Gasteiger partial charge in [-0.05, 0) is 50.3 Å². The molecule has 120 valence electrons. The van der Waals surface area contributed by atoms with Crippen LogP contribution in [0, 0.1) is 5.92 Å². The summed E-state index contributed by atoms with van der Waals surface area (Å²) in [5.74, 6) is 1.77. The van der Waals surface area contributed by atoms with E-state index in [1.54, 1.807) is 0 Å². The van der Waals surface area contributed by atoms with Crippen LogP contribution in [0.15, 0.2) is 24.3 Å². The van der Waals surface area contributed by atoms with Gasteiger partial charge in [0.15, 0.2) is 6.61 Å². The first-order valence-electron chi connectivity index (χ1n) is 8.55. The van der Waals surface area contributed by atoms with E-state index in [-0.39, 0.29) is 12.5 Å². The zero-order valence-electron chi connectivity index (χ0n) is 13.4. The van der Waals surface area contributed by atoms with Crippen molar-refractivity contribution in [1.82, 2.24) is 5.32 Å². The first kappa shape index (κ1) is 15.3. The van der Waals surface area contributed by atoms with Crippen LogP contribution < -0.4 is 15.0 Å². The summed E-state index contributed by atoms with van der Waals surface area (Å²) in [5, 5.41) is 3.69. The number of carbonyl (C=O) groups excluding carboxylic acids is 1. The van der Waals surface area contributed by atoms with Crippen molar-refractivity contribution in [2.75, 3.05) is 24.6 Å². The van der Waals surface area contributed by atoms with Crippen LogP contribution in [0.5, 0.6) is 5.75 Å². The fraction of sp³-hybridized carbons (Fsp3) is 0.611. The Morgan fingerprint density at radius 1 is 1.36 bits per heavy atom. The van der Waals surface area contributed by atoms with Crippen LogP contribution >= 0.6 is 0 Å². The van der Waals surface area contributed by atoms with Crippen molar-refractivity contribution in [3.63, 3.8) is 0 Å². The lowest BCUT2D eigenvalue weighted by Gasteiger charge is -2.29. The van der Waals surface area contributed by atoms with Crippen molar-refractivity contribution in [1.29, 1.82) is 0 Å². The van der Waals surface area contributed by atoms with Gasteiger partial charge in [0.25, 0.3) is 5.91 Å². The van der Waals surface area contributed by atoms with Gasteiger partial charge in [-0.15, -0.1) is 0 Å². The molecule has 1 saturated carbocycles. The molecule has 0 radical (unpaired) electrons. The van der Waals surface area contributed by atoms with Gasteiger partial charge in [0.1, 0.15) is 5.75 Å². The normalized spacial score (nSPS) is 18.8. The number of fused-ring (bicyclic) bond motifs is 1. The van der Waals surface area contributed by atoms with E-state index in [1.165, 1.54) is 25.7 Å². The average Bonchev–Trinajstić information content (AvgIpc) is 3.37. The number of nitrogens with zero attached hydrogens (tertiary/aromatic N) is 1. The number of hydrogen-bond acceptors (Lipinski definition) is 3. The first-order chi connectivity index (χ1) is 10.8. The SMILES string of the molecule is CCCC(NCCCN1C(=O)COc2ccccc21)C1CC1. The molecule has 1 N–H and O–H groups in total. The van der Waals surface area contributed by atoms with Crippen LogP contribution in [0.25, 0.3) is 0 Å². The monoisotopic (exact) mass is 302 g/mol. The molecule has 3 rings (SSSR count). The predicted molar refractivity (Wildman–Crippen MR) is 88.3 cm³/mol. The second-order valence-electron chi connectivity index (χ2n) is 6.34. The molecule has 1 aliphatic heterocycles. The molecule has 0 aromatic heterocycles. The lowest BCUT2D eigenvalue weighted by molar-refractivity contribution is -0.121. The Balaban J connectivity index is 1.49. The van der Waals surface area contributed by atoms with Gasteiger partial charge in [-0.2, -0.15) is 0 Å². The topological polar surface area (TPSA) is 41.6 Å². The fourth-order valence-electron chi connectivity index (χ4n) is 3.24. The summed E-state index contributed by atoms with van der Waals surface area (Å²) >= 11 is 0. The smallest absolute Gasteiger partial charge is 0.265 e. The Morgan fingerprint density at radius 3 is 2.95 bits per heavy atom. The fourth-order valence-corrected chi connectivity index (χ4v) is 3.24. The molecule has 1 aliphatic carbocycles. The highest BCUT2D eigenvalue weighted by Crippen LogP contribution is 2.34. The summed E-state index contributed by atoms with van der Waals surface area (Å²) in [5.41, 5.74) is 0.908. The Hall–Kier alpha value is -1.55. The van der Waals surface area contributed by atoms with Gasteiger partial charge in [-0.1, -0.05) is 25.5 Å². The van der Waals surface area contributed by atoms with Crippen molar-refractivity contribution < 1.29 is 9.53 Å². The van der Waals surface area contributed by atoms with Crippen molar-refractivity contribution in [3.05, 3.63) is 24.3 Å². The Bertz CT molecular complexity index is 514. The zero-order valence-corrected chi connectivity index (χ0v) is 13.4. The maximum Gasteiger partial charge on any atom is 0.265 e. The number of hydrogen-bond donors (Lipinski definition) is 1. The van der Waals surface area contributed by atoms with E-state index in [9.17, 15) is 4.79 Å². The second-order valence-corrected chi connectivity index (χ2v) is 6.34. The maximum absolute atomic E-state index is 12.1. The van der Waals surface area contributed by atoms with E-state index in [4.69, 9.17) is 4.74 Å². The molecule has 22 heavy (non-hydrogen) atoms. The minimum atomic E-state index is 0.0611. The second kappa shape index (κ2) is 7.14. The van der Waals surface area contributed by atoms with Gasteiger partial charge in [0.2, 0.25) is 0 Å². The van der Waals surface area contributed by atoms with Crippen molar-refractivity contribution in [2.45, 2.75) is 45.1 Å². The summed E-state index contributed by atoms with van der Waals surface area (Å²) in [6.45, 7) is 4.15. The molecule has 0 bridgehead atoms. The van der Waals surface area contributed by atoms with E-state index in [2.05, 4.69) is 12.2 Å². The number of carbonyl (C=O) groups is 1. The molecule has 1 unspecified atom stereocenters. The summed E-state index contributed by atoms with van der Waals surface area (Å²) in [4.78, 5) is 14.0. The van der Waals surface area contributed by atoms with E-state index >= 15 is 0 Å². The van der Waals surface area contributed by atoms with E-state index in [0.717, 1.165) is 36.9 Å². The van der Waals surface area contributed by atoms with Crippen LogP contribution in [-0.2, 0) is 4.79 Å². The molecular weight excluding hydrogens is 276 g/mol. The number of ether oxygens (including phenoxy) is 1. The number of rotatable bonds is 8. The largest absolute Gasteiger partial charge is 0.482 e. The lowest BCUT2D eigenvalue weighted by Crippen LogP contribution is -2.41. The molecule has 2 aliphatic rings. The predicted octanol–water partition coefficient (Wildman–Crippen LogP) is 2.97. The minimum absolute atomic E-state index is 0.0611. The third-order valence-corrected chi connectivity index (χ3v) is 4.56. The molecule has 1 atom stereocenters. The quantitative estimate of drug-likeness (QED) is 0.751. The molecular formula is C18H26N2O2. The summed E-state index contributed by atoms with van der Waals surface area (Å²) in [6, 6.07) is 8.47. The van der Waals surface area contributed by atoms with Crippen LogP contribution in [0.1, 0.15) is 39.0 Å². The average molecular weight is 302 g/mol. The standard InChI is InChI=1S/C18H26N2O2/c1-2-6-15(14-9-10-14)19-11-5-12-20-16-7-3-4-8-17(16)22-13-18(20)21/h3-4,7-8,14-15,19H,2,5-6,9-13H2,1H3. The van der Waals surface area contributed by atoms with Gasteiger partial charge >= 0.3 is 0 Å². The molecule has 4 nitrogen and oxygen atoms in total. The number of para-hydroxylation sites is 2. The summed E-state index contributed by atoms with van der Waals surface area (Å²) in [7, 11) is 0. The molecule has 1 aromatic carbocycles. The lowest BCUT2D eigenvalue weighted by atomic mass is 10.1. The van der Waals surface area contributed by atoms with E-state index in [0.29, 0.717) is 6.04 Å². The number of anilines is 1. The molecule has 4 heteroatoms. The highest BCUT2D eigenvalue weighted by Gasteiger charge is 2.30. The van der Waals surface area contributed by atoms with Gasteiger partial charge < -0.3 is 15.0 Å². The third kappa shape index (κ3) is 3.61. The van der Waals surface area contributed by atoms with Gasteiger partial charge in [0.05, 0.1) is 5.69 Å². The molecule has 1 aromatic rings. The summed E-state index contributed by atoms with van der Waals surface area (Å²) < 4.78 is 5.48.